The molecule has 0 spiro atoms. The number of fused-ring (bicyclic) bond motifs is 1. The molecule has 1 aromatic heterocycles. The Morgan fingerprint density at radius 3 is 2.88 bits per heavy atom. The molecule has 0 aliphatic heterocycles. The van der Waals surface area contributed by atoms with Crippen molar-refractivity contribution >= 4 is 36.3 Å². The van der Waals surface area contributed by atoms with E-state index in [9.17, 15) is 19.7 Å². The van der Waals surface area contributed by atoms with Gasteiger partial charge in [0.15, 0.2) is 0 Å². The Labute approximate surface area is 148 Å². The minimum absolute atomic E-state index is 0.183. The van der Waals surface area contributed by atoms with Crippen molar-refractivity contribution in [2.24, 2.45) is 10.7 Å². The van der Waals surface area contributed by atoms with Crippen LogP contribution in [-0.4, -0.2) is 48.9 Å². The molecular weight excluding hydrogens is 397 g/mol. The van der Waals surface area contributed by atoms with Crippen molar-refractivity contribution in [1.29, 1.82) is 0 Å². The molecule has 25 heavy (non-hydrogen) atoms. The molecule has 1 heterocycles. The fourth-order valence-corrected chi connectivity index (χ4v) is 4.59. The van der Waals surface area contributed by atoms with E-state index < -0.39 is 17.0 Å². The number of esters is 1. The van der Waals surface area contributed by atoms with Crippen molar-refractivity contribution in [1.82, 2.24) is 8.99 Å². The summed E-state index contributed by atoms with van der Waals surface area (Å²) in [6.45, 7) is 0.183. The standard InChI is InChI=1S/C14H17N5O5Se/c1-24-13(21)10(6-4-8-16-14(15)17-19(22)23)18-12(20)9-5-2-3-7-11(9)25-18/h2-3,5,7,10H,4,6,8H2,1H3,(H3,15,16,17). The summed E-state index contributed by atoms with van der Waals surface area (Å²) >= 11 is -0.304. The zero-order valence-corrected chi connectivity index (χ0v) is 15.1. The van der Waals surface area contributed by atoms with Crippen molar-refractivity contribution in [3.63, 3.8) is 0 Å². The molecule has 11 heteroatoms. The van der Waals surface area contributed by atoms with Gasteiger partial charge in [-0.2, -0.15) is 0 Å². The molecule has 3 N–H and O–H groups in total. The average molecular weight is 414 g/mol. The van der Waals surface area contributed by atoms with Crippen molar-refractivity contribution < 1.29 is 14.6 Å². The predicted molar refractivity (Wildman–Crippen MR) is 92.1 cm³/mol. The molecule has 0 aliphatic carbocycles. The minimum atomic E-state index is -0.807. The third-order valence-corrected chi connectivity index (χ3v) is 5.85. The number of aromatic nitrogens is 1. The number of nitrogens with one attached hydrogen (secondary N) is 1. The summed E-state index contributed by atoms with van der Waals surface area (Å²) in [4.78, 5) is 38.6. The van der Waals surface area contributed by atoms with E-state index >= 15 is 0 Å². The Bertz CT molecular complexity index is 859. The molecule has 134 valence electrons. The van der Waals surface area contributed by atoms with Crippen LogP contribution in [0.1, 0.15) is 18.9 Å². The molecule has 2 rings (SSSR count). The van der Waals surface area contributed by atoms with Gasteiger partial charge in [-0.3, -0.25) is 0 Å². The van der Waals surface area contributed by atoms with E-state index in [2.05, 4.69) is 4.99 Å². The third-order valence-electron chi connectivity index (χ3n) is 3.39. The number of methoxy groups -OCH3 is 1. The normalized spacial score (nSPS) is 12.8. The van der Waals surface area contributed by atoms with E-state index in [-0.39, 0.29) is 32.8 Å². The fraction of sp³-hybridized carbons (Fsp3) is 0.357. The topological polar surface area (TPSA) is 142 Å². The molecule has 0 saturated heterocycles. The Morgan fingerprint density at radius 2 is 2.24 bits per heavy atom. The van der Waals surface area contributed by atoms with E-state index in [1.54, 1.807) is 17.6 Å². The second kappa shape index (κ2) is 8.45. The fourth-order valence-electron chi connectivity index (χ4n) is 2.27. The first kappa shape index (κ1) is 18.7. The molecule has 0 radical (unpaired) electrons. The zero-order valence-electron chi connectivity index (χ0n) is 13.4. The molecule has 0 fully saturated rings. The second-order valence-corrected chi connectivity index (χ2v) is 7.17. The maximum atomic E-state index is 12.5. The Balaban J connectivity index is 2.14. The number of ether oxygens (including phenoxy) is 1. The number of hydrogen-bond acceptors (Lipinski definition) is 6. The van der Waals surface area contributed by atoms with Gasteiger partial charge in [-0.25, -0.2) is 0 Å². The van der Waals surface area contributed by atoms with Crippen LogP contribution in [0, 0.1) is 10.1 Å². The molecule has 1 unspecified atom stereocenters. The average Bonchev–Trinajstić information content (AvgIpc) is 2.90. The summed E-state index contributed by atoms with van der Waals surface area (Å²) < 4.78 is 7.27. The van der Waals surface area contributed by atoms with E-state index in [0.717, 1.165) is 4.26 Å². The molecule has 0 amide bonds. The molecule has 1 atom stereocenters. The number of nitrogens with two attached hydrogens (primary N) is 1. The van der Waals surface area contributed by atoms with Gasteiger partial charge >= 0.3 is 148 Å². The Morgan fingerprint density at radius 1 is 1.52 bits per heavy atom. The van der Waals surface area contributed by atoms with E-state index in [4.69, 9.17) is 10.5 Å². The second-order valence-electron chi connectivity index (χ2n) is 5.04. The maximum absolute atomic E-state index is 12.5. The van der Waals surface area contributed by atoms with Crippen LogP contribution in [-0.2, 0) is 9.53 Å². The van der Waals surface area contributed by atoms with Gasteiger partial charge in [0.25, 0.3) is 0 Å². The first-order chi connectivity index (χ1) is 11.9. The van der Waals surface area contributed by atoms with Crippen LogP contribution < -0.4 is 16.7 Å². The van der Waals surface area contributed by atoms with Crippen LogP contribution >= 0.6 is 0 Å². The van der Waals surface area contributed by atoms with Crippen molar-refractivity contribution in [2.45, 2.75) is 18.9 Å². The van der Waals surface area contributed by atoms with Gasteiger partial charge in [0.05, 0.1) is 0 Å². The van der Waals surface area contributed by atoms with Crippen LogP contribution in [0.15, 0.2) is 34.1 Å². The number of aliphatic imine (C=N–C) groups is 1. The first-order valence-corrected chi connectivity index (χ1v) is 8.95. The van der Waals surface area contributed by atoms with E-state index in [1.807, 2.05) is 12.1 Å². The molecule has 1 aromatic carbocycles. The van der Waals surface area contributed by atoms with E-state index in [0.29, 0.717) is 18.2 Å². The summed E-state index contributed by atoms with van der Waals surface area (Å²) in [5.41, 5.74) is 6.87. The number of nitrogens with zero attached hydrogens (tertiary/aromatic N) is 3. The van der Waals surface area contributed by atoms with Crippen molar-refractivity contribution in [3.05, 3.63) is 44.7 Å². The Hall–Kier alpha value is -2.65. The molecular formula is C14H17N5O5Se. The SMILES string of the molecule is COC(=O)C(CCCN=C(N)N[N+](=O)[O-])n1[se]c2ccccc2c1=O. The summed E-state index contributed by atoms with van der Waals surface area (Å²) in [5, 5.41) is 10.0. The zero-order chi connectivity index (χ0) is 18.4. The number of carbonyl (C=O) groups is 1. The number of guanidine groups is 1. The monoisotopic (exact) mass is 415 g/mol. The number of hydrogen-bond donors (Lipinski definition) is 2. The van der Waals surface area contributed by atoms with Gasteiger partial charge in [-0.05, 0) is 0 Å². The van der Waals surface area contributed by atoms with Gasteiger partial charge in [-0.1, -0.05) is 0 Å². The van der Waals surface area contributed by atoms with Crippen molar-refractivity contribution in [2.75, 3.05) is 13.7 Å². The predicted octanol–water partition coefficient (Wildman–Crippen LogP) is -0.351. The van der Waals surface area contributed by atoms with Crippen LogP contribution in [0.2, 0.25) is 0 Å². The number of rotatable bonds is 7. The van der Waals surface area contributed by atoms with Crippen molar-refractivity contribution in [3.8, 4) is 0 Å². The number of nitro groups is 1. The number of carbonyl (C=O) groups excluding carboxylic acids is 1. The van der Waals surface area contributed by atoms with E-state index in [1.165, 1.54) is 10.7 Å². The molecule has 2 aromatic rings. The van der Waals surface area contributed by atoms with Gasteiger partial charge < -0.3 is 0 Å². The summed E-state index contributed by atoms with van der Waals surface area (Å²) in [7, 11) is 1.27. The number of hydrazine groups is 1. The molecule has 0 saturated carbocycles. The van der Waals surface area contributed by atoms with Crippen LogP contribution in [0.4, 0.5) is 0 Å². The third kappa shape index (κ3) is 4.68. The van der Waals surface area contributed by atoms with Crippen LogP contribution in [0.25, 0.3) is 9.65 Å². The molecule has 0 bridgehead atoms. The number of benzene rings is 1. The molecule has 10 nitrogen and oxygen atoms in total. The summed E-state index contributed by atoms with van der Waals surface area (Å²) in [6.07, 6.45) is 0.736. The molecule has 0 aliphatic rings. The van der Waals surface area contributed by atoms with Gasteiger partial charge in [0.2, 0.25) is 0 Å². The quantitative estimate of drug-likeness (QED) is 0.120. The first-order valence-electron chi connectivity index (χ1n) is 7.33. The Kier molecular flexibility index (Phi) is 6.31. The van der Waals surface area contributed by atoms with Crippen LogP contribution in [0.5, 0.6) is 0 Å². The summed E-state index contributed by atoms with van der Waals surface area (Å²) in [5.74, 6) is -0.808. The summed E-state index contributed by atoms with van der Waals surface area (Å²) in [6, 6.07) is 6.52. The van der Waals surface area contributed by atoms with Gasteiger partial charge in [0, 0.05) is 0 Å². The van der Waals surface area contributed by atoms with Gasteiger partial charge in [0.1, 0.15) is 0 Å². The van der Waals surface area contributed by atoms with Gasteiger partial charge in [-0.15, -0.1) is 0 Å². The van der Waals surface area contributed by atoms with Crippen LogP contribution in [0.3, 0.4) is 0 Å².